The minimum absolute atomic E-state index is 0.599. The molecule has 2 aromatic carbocycles. The second-order valence-electron chi connectivity index (χ2n) is 6.11. The number of fused-ring (bicyclic) bond motifs is 1. The molecule has 4 rings (SSSR count). The number of hydrogen-bond acceptors (Lipinski definition) is 4. The van der Waals surface area contributed by atoms with Gasteiger partial charge in [0.1, 0.15) is 0 Å². The first-order chi connectivity index (χ1) is 11.3. The van der Waals surface area contributed by atoms with Crippen molar-refractivity contribution in [2.24, 2.45) is 11.0 Å². The monoisotopic (exact) mass is 321 g/mol. The average Bonchev–Trinajstić information content (AvgIpc) is 3.21. The van der Waals surface area contributed by atoms with E-state index in [1.165, 1.54) is 29.3 Å². The molecule has 4 heteroatoms. The first kappa shape index (κ1) is 14.4. The normalized spacial score (nSPS) is 19.5. The van der Waals surface area contributed by atoms with Crippen molar-refractivity contribution in [1.82, 2.24) is 4.98 Å². The molecule has 1 N–H and O–H groups in total. The minimum Gasteiger partial charge on any atom is -0.253 e. The Labute approximate surface area is 140 Å². The van der Waals surface area contributed by atoms with E-state index in [0.29, 0.717) is 5.92 Å². The van der Waals surface area contributed by atoms with E-state index in [1.54, 1.807) is 11.3 Å². The fourth-order valence-corrected chi connectivity index (χ4v) is 3.76. The maximum atomic E-state index is 4.67. The number of nitrogens with zero attached hydrogens (tertiary/aromatic N) is 2. The summed E-state index contributed by atoms with van der Waals surface area (Å²) in [6, 6.07) is 14.9. The van der Waals surface area contributed by atoms with Gasteiger partial charge in [0.05, 0.1) is 5.69 Å². The van der Waals surface area contributed by atoms with Crippen LogP contribution in [0.4, 0.5) is 5.13 Å². The Bertz CT molecular complexity index is 866. The lowest BCUT2D eigenvalue weighted by molar-refractivity contribution is 0.727. The van der Waals surface area contributed by atoms with Gasteiger partial charge in [-0.1, -0.05) is 43.3 Å². The molecule has 1 aromatic heterocycles. The number of aromatic nitrogens is 1. The Morgan fingerprint density at radius 2 is 2.04 bits per heavy atom. The largest absolute Gasteiger partial charge is 0.253 e. The Hall–Kier alpha value is -2.20. The molecule has 0 bridgehead atoms. The van der Waals surface area contributed by atoms with Crippen molar-refractivity contribution in [2.75, 3.05) is 5.43 Å². The SMILES string of the molecule is CC1CCC/C1=N\Nc1nc(-c2ccc3ccccc3c2)cs1. The number of thiazole rings is 1. The quantitative estimate of drug-likeness (QED) is 0.642. The van der Waals surface area contributed by atoms with Crippen LogP contribution in [0.1, 0.15) is 26.2 Å². The second kappa shape index (κ2) is 6.13. The van der Waals surface area contributed by atoms with Gasteiger partial charge in [0.25, 0.3) is 0 Å². The Kier molecular flexibility index (Phi) is 3.83. The molecule has 0 amide bonds. The summed E-state index contributed by atoms with van der Waals surface area (Å²) < 4.78 is 0. The summed E-state index contributed by atoms with van der Waals surface area (Å²) in [7, 11) is 0. The minimum atomic E-state index is 0.599. The molecule has 0 radical (unpaired) electrons. The van der Waals surface area contributed by atoms with Crippen molar-refractivity contribution in [1.29, 1.82) is 0 Å². The lowest BCUT2D eigenvalue weighted by Crippen LogP contribution is -2.04. The van der Waals surface area contributed by atoms with Crippen molar-refractivity contribution in [3.8, 4) is 11.3 Å². The molecule has 1 fully saturated rings. The number of benzene rings is 2. The van der Waals surface area contributed by atoms with Crippen LogP contribution >= 0.6 is 11.3 Å². The van der Waals surface area contributed by atoms with E-state index in [2.05, 4.69) is 70.3 Å². The lowest BCUT2D eigenvalue weighted by Gasteiger charge is -2.03. The van der Waals surface area contributed by atoms with Gasteiger partial charge < -0.3 is 0 Å². The number of hydrogen-bond donors (Lipinski definition) is 1. The van der Waals surface area contributed by atoms with Crippen LogP contribution in [-0.4, -0.2) is 10.7 Å². The van der Waals surface area contributed by atoms with Crippen LogP contribution in [0.3, 0.4) is 0 Å². The molecule has 0 aliphatic heterocycles. The van der Waals surface area contributed by atoms with E-state index >= 15 is 0 Å². The van der Waals surface area contributed by atoms with Crippen molar-refractivity contribution in [3.05, 3.63) is 47.8 Å². The molecule has 3 aromatic rings. The third-order valence-corrected chi connectivity index (χ3v) is 5.23. The zero-order valence-corrected chi connectivity index (χ0v) is 13.9. The number of rotatable bonds is 3. The first-order valence-electron chi connectivity index (χ1n) is 8.07. The molecule has 23 heavy (non-hydrogen) atoms. The zero-order chi connectivity index (χ0) is 15.6. The third-order valence-electron chi connectivity index (χ3n) is 4.48. The van der Waals surface area contributed by atoms with Crippen LogP contribution in [-0.2, 0) is 0 Å². The van der Waals surface area contributed by atoms with E-state index < -0.39 is 0 Å². The molecule has 1 aliphatic carbocycles. The van der Waals surface area contributed by atoms with Crippen LogP contribution in [0.25, 0.3) is 22.0 Å². The highest BCUT2D eigenvalue weighted by Gasteiger charge is 2.17. The van der Waals surface area contributed by atoms with Crippen LogP contribution in [0.5, 0.6) is 0 Å². The summed E-state index contributed by atoms with van der Waals surface area (Å²) >= 11 is 1.61. The van der Waals surface area contributed by atoms with Gasteiger partial charge >= 0.3 is 0 Å². The topological polar surface area (TPSA) is 37.3 Å². The Balaban J connectivity index is 1.56. The predicted molar refractivity (Wildman–Crippen MR) is 99.1 cm³/mol. The highest BCUT2D eigenvalue weighted by molar-refractivity contribution is 7.14. The number of anilines is 1. The smallest absolute Gasteiger partial charge is 0.203 e. The number of hydrazone groups is 1. The van der Waals surface area contributed by atoms with Crippen LogP contribution in [0.15, 0.2) is 52.9 Å². The van der Waals surface area contributed by atoms with Gasteiger partial charge in [-0.25, -0.2) is 4.98 Å². The van der Waals surface area contributed by atoms with Gasteiger partial charge in [0, 0.05) is 16.7 Å². The molecular weight excluding hydrogens is 302 g/mol. The molecule has 1 heterocycles. The summed E-state index contributed by atoms with van der Waals surface area (Å²) in [5.41, 5.74) is 6.56. The fraction of sp³-hybridized carbons (Fsp3) is 0.263. The van der Waals surface area contributed by atoms with Gasteiger partial charge in [-0.2, -0.15) is 5.10 Å². The third kappa shape index (κ3) is 2.99. The highest BCUT2D eigenvalue weighted by Crippen LogP contribution is 2.28. The highest BCUT2D eigenvalue weighted by atomic mass is 32.1. The van der Waals surface area contributed by atoms with Gasteiger partial charge in [0.2, 0.25) is 5.13 Å². The average molecular weight is 321 g/mol. The molecule has 1 atom stereocenters. The summed E-state index contributed by atoms with van der Waals surface area (Å²) in [5, 5.41) is 9.99. The van der Waals surface area contributed by atoms with Crippen molar-refractivity contribution in [3.63, 3.8) is 0 Å². The van der Waals surface area contributed by atoms with Crippen molar-refractivity contribution in [2.45, 2.75) is 26.2 Å². The van der Waals surface area contributed by atoms with Gasteiger partial charge in [-0.15, -0.1) is 11.3 Å². The molecule has 0 spiro atoms. The van der Waals surface area contributed by atoms with Crippen LogP contribution < -0.4 is 5.43 Å². The number of nitrogens with one attached hydrogen (secondary N) is 1. The summed E-state index contributed by atoms with van der Waals surface area (Å²) in [6.07, 6.45) is 3.61. The standard InChI is InChI=1S/C19H19N3S/c1-13-5-4-8-17(13)21-22-19-20-18(12-23-19)16-10-9-14-6-2-3-7-15(14)11-16/h2-3,6-7,9-13H,4-5,8H2,1H3,(H,20,22)/b21-17+. The van der Waals surface area contributed by atoms with Gasteiger partial charge in [-0.3, -0.25) is 5.43 Å². The van der Waals surface area contributed by atoms with E-state index in [-0.39, 0.29) is 0 Å². The molecule has 3 nitrogen and oxygen atoms in total. The van der Waals surface area contributed by atoms with E-state index in [4.69, 9.17) is 0 Å². The zero-order valence-electron chi connectivity index (χ0n) is 13.1. The Morgan fingerprint density at radius 1 is 1.17 bits per heavy atom. The molecule has 1 aliphatic rings. The second-order valence-corrected chi connectivity index (χ2v) is 6.97. The maximum Gasteiger partial charge on any atom is 0.203 e. The molecule has 1 unspecified atom stereocenters. The molecular formula is C19H19N3S. The van der Waals surface area contributed by atoms with E-state index in [9.17, 15) is 0 Å². The predicted octanol–water partition coefficient (Wildman–Crippen LogP) is 5.55. The van der Waals surface area contributed by atoms with Gasteiger partial charge in [-0.05, 0) is 42.0 Å². The molecule has 1 saturated carbocycles. The van der Waals surface area contributed by atoms with E-state index in [0.717, 1.165) is 22.8 Å². The summed E-state index contributed by atoms with van der Waals surface area (Å²) in [6.45, 7) is 2.25. The van der Waals surface area contributed by atoms with Gasteiger partial charge in [0.15, 0.2) is 0 Å². The molecule has 0 saturated heterocycles. The summed E-state index contributed by atoms with van der Waals surface area (Å²) in [4.78, 5) is 4.67. The van der Waals surface area contributed by atoms with E-state index in [1.807, 2.05) is 0 Å². The van der Waals surface area contributed by atoms with Crippen molar-refractivity contribution < 1.29 is 0 Å². The fourth-order valence-electron chi connectivity index (χ4n) is 3.09. The summed E-state index contributed by atoms with van der Waals surface area (Å²) in [5.74, 6) is 0.599. The lowest BCUT2D eigenvalue weighted by atomic mass is 10.1. The maximum absolute atomic E-state index is 4.67. The molecule has 116 valence electrons. The van der Waals surface area contributed by atoms with Crippen molar-refractivity contribution >= 4 is 33.0 Å². The van der Waals surface area contributed by atoms with Crippen LogP contribution in [0.2, 0.25) is 0 Å². The van der Waals surface area contributed by atoms with Crippen LogP contribution in [0, 0.1) is 5.92 Å². The first-order valence-corrected chi connectivity index (χ1v) is 8.95. The Morgan fingerprint density at radius 3 is 2.87 bits per heavy atom.